The fraction of sp³-hybridized carbons (Fsp3) is 0.238. The fourth-order valence-corrected chi connectivity index (χ4v) is 3.58. The highest BCUT2D eigenvalue weighted by molar-refractivity contribution is 7.99. The summed E-state index contributed by atoms with van der Waals surface area (Å²) in [7, 11) is 1.78. The number of imidazole rings is 1. The molecule has 1 aromatic heterocycles. The molecule has 0 amide bonds. The second kappa shape index (κ2) is 10.8. The van der Waals surface area contributed by atoms with Gasteiger partial charge in [-0.15, -0.1) is 11.8 Å². The molecule has 0 spiro atoms. The average molecular weight is 414 g/mol. The Morgan fingerprint density at radius 1 is 1.11 bits per heavy atom. The average Bonchev–Trinajstić information content (AvgIpc) is 3.16. The van der Waals surface area contributed by atoms with Crippen molar-refractivity contribution in [3.63, 3.8) is 0 Å². The van der Waals surface area contributed by atoms with Crippen LogP contribution in [-0.2, 0) is 13.1 Å². The van der Waals surface area contributed by atoms with Crippen LogP contribution in [0.25, 0.3) is 0 Å². The first kappa shape index (κ1) is 20.3. The molecule has 5 nitrogen and oxygen atoms in total. The molecule has 2 N–H and O–H groups in total. The number of nitrogens with zero attached hydrogens (tertiary/aromatic N) is 3. The number of hydrogen-bond donors (Lipinski definition) is 2. The molecule has 2 aromatic carbocycles. The van der Waals surface area contributed by atoms with Crippen LogP contribution >= 0.6 is 23.4 Å². The van der Waals surface area contributed by atoms with Gasteiger partial charge in [-0.3, -0.25) is 4.99 Å². The third kappa shape index (κ3) is 6.32. The summed E-state index contributed by atoms with van der Waals surface area (Å²) in [5.74, 6) is 2.68. The maximum Gasteiger partial charge on any atom is 0.191 e. The Labute approximate surface area is 175 Å². The number of hydrogen-bond acceptors (Lipinski definition) is 3. The van der Waals surface area contributed by atoms with Gasteiger partial charge in [0.15, 0.2) is 5.96 Å². The maximum absolute atomic E-state index is 5.91. The minimum atomic E-state index is 0.615. The summed E-state index contributed by atoms with van der Waals surface area (Å²) in [6.07, 6.45) is 3.84. The third-order valence-electron chi connectivity index (χ3n) is 4.11. The molecule has 3 rings (SSSR count). The number of benzene rings is 2. The van der Waals surface area contributed by atoms with Gasteiger partial charge in [-0.25, -0.2) is 4.98 Å². The van der Waals surface area contributed by atoms with Gasteiger partial charge in [-0.05, 0) is 29.8 Å². The Hall–Kier alpha value is -2.44. The first-order valence-electron chi connectivity index (χ1n) is 9.11. The lowest BCUT2D eigenvalue weighted by atomic mass is 10.2. The van der Waals surface area contributed by atoms with Crippen molar-refractivity contribution in [2.45, 2.75) is 18.0 Å². The van der Waals surface area contributed by atoms with Crippen LogP contribution in [0.1, 0.15) is 11.4 Å². The Balaban J connectivity index is 1.43. The lowest BCUT2D eigenvalue weighted by Crippen LogP contribution is -2.38. The summed E-state index contributed by atoms with van der Waals surface area (Å²) >= 11 is 7.70. The van der Waals surface area contributed by atoms with Crippen LogP contribution in [0.3, 0.4) is 0 Å². The molecule has 0 saturated carbocycles. The predicted octanol–water partition coefficient (Wildman–Crippen LogP) is 4.04. The Bertz CT molecular complexity index is 877. The lowest BCUT2D eigenvalue weighted by Gasteiger charge is -2.13. The third-order valence-corrected chi connectivity index (χ3v) is 5.38. The van der Waals surface area contributed by atoms with Gasteiger partial charge >= 0.3 is 0 Å². The van der Waals surface area contributed by atoms with Crippen LogP contribution in [0, 0.1) is 0 Å². The Morgan fingerprint density at radius 2 is 1.89 bits per heavy atom. The number of halogens is 1. The van der Waals surface area contributed by atoms with Gasteiger partial charge in [0.25, 0.3) is 0 Å². The summed E-state index contributed by atoms with van der Waals surface area (Å²) in [5, 5.41) is 7.43. The zero-order valence-corrected chi connectivity index (χ0v) is 17.4. The zero-order valence-electron chi connectivity index (χ0n) is 15.8. The van der Waals surface area contributed by atoms with E-state index in [1.807, 2.05) is 42.7 Å². The van der Waals surface area contributed by atoms with Crippen LogP contribution in [0.2, 0.25) is 5.02 Å². The lowest BCUT2D eigenvalue weighted by molar-refractivity contribution is 0.690. The van der Waals surface area contributed by atoms with E-state index in [4.69, 9.17) is 11.6 Å². The van der Waals surface area contributed by atoms with Gasteiger partial charge in [-0.1, -0.05) is 41.9 Å². The molecule has 0 radical (unpaired) electrons. The van der Waals surface area contributed by atoms with Crippen molar-refractivity contribution in [2.75, 3.05) is 19.3 Å². The first-order chi connectivity index (χ1) is 13.7. The quantitative estimate of drug-likeness (QED) is 0.253. The topological polar surface area (TPSA) is 54.2 Å². The van der Waals surface area contributed by atoms with E-state index in [0.717, 1.165) is 35.6 Å². The van der Waals surface area contributed by atoms with Crippen molar-refractivity contribution in [3.8, 4) is 0 Å². The Kier molecular flexibility index (Phi) is 7.82. The molecule has 7 heteroatoms. The summed E-state index contributed by atoms with van der Waals surface area (Å²) in [4.78, 5) is 9.96. The normalized spacial score (nSPS) is 11.4. The number of aromatic nitrogens is 2. The van der Waals surface area contributed by atoms with Crippen LogP contribution in [0.15, 0.2) is 76.9 Å². The molecule has 3 aromatic rings. The highest BCUT2D eigenvalue weighted by Crippen LogP contribution is 2.19. The van der Waals surface area contributed by atoms with Crippen molar-refractivity contribution in [3.05, 3.63) is 83.4 Å². The van der Waals surface area contributed by atoms with E-state index in [1.165, 1.54) is 10.5 Å². The van der Waals surface area contributed by atoms with E-state index in [1.54, 1.807) is 18.8 Å². The van der Waals surface area contributed by atoms with Crippen molar-refractivity contribution < 1.29 is 0 Å². The number of thioether (sulfide) groups is 1. The smallest absolute Gasteiger partial charge is 0.191 e. The SMILES string of the molecule is CN=C(NCCSc1ccc(Cl)cc1)NCc1nccn1Cc1ccccc1. The highest BCUT2D eigenvalue weighted by atomic mass is 35.5. The molecule has 0 aliphatic rings. The molecule has 1 heterocycles. The number of rotatable bonds is 8. The van der Waals surface area contributed by atoms with Crippen LogP contribution in [-0.4, -0.2) is 34.9 Å². The van der Waals surface area contributed by atoms with Gasteiger partial charge in [-0.2, -0.15) is 0 Å². The standard InChI is InChI=1S/C21H24ClN5S/c1-23-21(25-12-14-28-19-9-7-18(22)8-10-19)26-15-20-24-11-13-27(20)16-17-5-3-2-4-6-17/h2-11,13H,12,14-16H2,1H3,(H2,23,25,26). The van der Waals surface area contributed by atoms with E-state index < -0.39 is 0 Å². The largest absolute Gasteiger partial charge is 0.356 e. The fourth-order valence-electron chi connectivity index (χ4n) is 2.68. The number of nitrogens with one attached hydrogen (secondary N) is 2. The monoisotopic (exact) mass is 413 g/mol. The molecule has 146 valence electrons. The molecule has 0 aliphatic heterocycles. The molecule has 0 bridgehead atoms. The molecule has 28 heavy (non-hydrogen) atoms. The number of aliphatic imine (C=N–C) groups is 1. The van der Waals surface area contributed by atoms with E-state index in [2.05, 4.69) is 49.4 Å². The van der Waals surface area contributed by atoms with E-state index in [9.17, 15) is 0 Å². The van der Waals surface area contributed by atoms with Gasteiger partial charge < -0.3 is 15.2 Å². The summed E-state index contributed by atoms with van der Waals surface area (Å²) in [6.45, 7) is 2.23. The van der Waals surface area contributed by atoms with E-state index in [0.29, 0.717) is 6.54 Å². The Morgan fingerprint density at radius 3 is 2.64 bits per heavy atom. The molecule has 0 saturated heterocycles. The van der Waals surface area contributed by atoms with Crippen LogP contribution in [0.5, 0.6) is 0 Å². The summed E-state index contributed by atoms with van der Waals surface area (Å²) in [5.41, 5.74) is 1.25. The van der Waals surface area contributed by atoms with Crippen molar-refractivity contribution in [1.29, 1.82) is 0 Å². The van der Waals surface area contributed by atoms with Gasteiger partial charge in [0, 0.05) is 48.2 Å². The van der Waals surface area contributed by atoms with Crippen molar-refractivity contribution in [1.82, 2.24) is 20.2 Å². The van der Waals surface area contributed by atoms with Gasteiger partial charge in [0.1, 0.15) is 5.82 Å². The second-order valence-electron chi connectivity index (χ2n) is 6.11. The number of guanidine groups is 1. The second-order valence-corrected chi connectivity index (χ2v) is 7.72. The van der Waals surface area contributed by atoms with Gasteiger partial charge in [0.2, 0.25) is 0 Å². The molecule has 0 atom stereocenters. The minimum Gasteiger partial charge on any atom is -0.356 e. The molecular weight excluding hydrogens is 390 g/mol. The molecule has 0 aliphatic carbocycles. The maximum atomic E-state index is 5.91. The molecule has 0 fully saturated rings. The van der Waals surface area contributed by atoms with Crippen LogP contribution in [0.4, 0.5) is 0 Å². The van der Waals surface area contributed by atoms with E-state index >= 15 is 0 Å². The molecular formula is C21H24ClN5S. The summed E-state index contributed by atoms with van der Waals surface area (Å²) in [6, 6.07) is 18.3. The van der Waals surface area contributed by atoms with E-state index in [-0.39, 0.29) is 0 Å². The first-order valence-corrected chi connectivity index (χ1v) is 10.5. The van der Waals surface area contributed by atoms with Crippen molar-refractivity contribution >= 4 is 29.3 Å². The van der Waals surface area contributed by atoms with Gasteiger partial charge in [0.05, 0.1) is 6.54 Å². The van der Waals surface area contributed by atoms with Crippen LogP contribution < -0.4 is 10.6 Å². The van der Waals surface area contributed by atoms with Crippen molar-refractivity contribution in [2.24, 2.45) is 4.99 Å². The minimum absolute atomic E-state index is 0.615. The highest BCUT2D eigenvalue weighted by Gasteiger charge is 2.05. The molecule has 0 unspecified atom stereocenters. The predicted molar refractivity (Wildman–Crippen MR) is 118 cm³/mol. The summed E-state index contributed by atoms with van der Waals surface area (Å²) < 4.78 is 2.14. The zero-order chi connectivity index (χ0) is 19.6.